The van der Waals surface area contributed by atoms with Gasteiger partial charge in [-0.3, -0.25) is 4.79 Å². The summed E-state index contributed by atoms with van der Waals surface area (Å²) in [5.41, 5.74) is 1.39. The van der Waals surface area contributed by atoms with Gasteiger partial charge in [0.25, 0.3) is 0 Å². The number of ether oxygens (including phenoxy) is 2. The van der Waals surface area contributed by atoms with E-state index < -0.39 is 5.60 Å². The molecule has 84 valence electrons. The molecule has 3 rings (SSSR count). The molecule has 1 fully saturated rings. The van der Waals surface area contributed by atoms with E-state index in [0.29, 0.717) is 13.0 Å². The van der Waals surface area contributed by atoms with Gasteiger partial charge in [-0.05, 0) is 6.07 Å². The van der Waals surface area contributed by atoms with Crippen LogP contribution in [0.1, 0.15) is 18.9 Å². The summed E-state index contributed by atoms with van der Waals surface area (Å²) < 4.78 is 11.1. The molecular formula is C12H13NO3. The predicted molar refractivity (Wildman–Crippen MR) is 57.9 cm³/mol. The fourth-order valence-electron chi connectivity index (χ4n) is 2.56. The maximum Gasteiger partial charge on any atom is 0.303 e. The zero-order chi connectivity index (χ0) is 11.2. The highest BCUT2D eigenvalue weighted by molar-refractivity contribution is 5.69. The minimum absolute atomic E-state index is 0.242. The Bertz CT molecular complexity index is 446. The molecule has 0 aliphatic carbocycles. The molecule has 0 aromatic heterocycles. The smallest absolute Gasteiger partial charge is 0.303 e. The van der Waals surface area contributed by atoms with E-state index in [9.17, 15) is 4.79 Å². The molecule has 16 heavy (non-hydrogen) atoms. The molecule has 0 radical (unpaired) electrons. The van der Waals surface area contributed by atoms with Crippen LogP contribution in [0.25, 0.3) is 0 Å². The number of esters is 1. The number of carbonyl (C=O) groups excluding carboxylic acids is 1. The summed E-state index contributed by atoms with van der Waals surface area (Å²) in [6, 6.07) is 7.86. The van der Waals surface area contributed by atoms with Crippen LogP contribution >= 0.6 is 0 Å². The monoisotopic (exact) mass is 219 g/mol. The van der Waals surface area contributed by atoms with Gasteiger partial charge in [-0.1, -0.05) is 18.2 Å². The molecule has 1 aromatic rings. The topological polar surface area (TPSA) is 47.6 Å². The first-order valence-electron chi connectivity index (χ1n) is 5.40. The number of nitrogens with one attached hydrogen (secondary N) is 1. The molecule has 2 heterocycles. The molecule has 0 amide bonds. The van der Waals surface area contributed by atoms with Gasteiger partial charge < -0.3 is 14.8 Å². The molecule has 2 atom stereocenters. The van der Waals surface area contributed by atoms with Crippen LogP contribution in [0.3, 0.4) is 0 Å². The maximum atomic E-state index is 11.2. The lowest BCUT2D eigenvalue weighted by molar-refractivity contribution is -0.162. The number of benzene rings is 1. The standard InChI is InChI=1S/C12H13NO3/c1-8(14)16-12-6-7-15-11(12)13-10-5-3-2-4-9(10)12/h2-5,11,13H,6-7H2,1H3/t11-,12+/m0/s1. The molecular weight excluding hydrogens is 206 g/mol. The molecule has 2 aliphatic heterocycles. The van der Waals surface area contributed by atoms with Crippen molar-refractivity contribution < 1.29 is 14.3 Å². The fourth-order valence-corrected chi connectivity index (χ4v) is 2.56. The first-order chi connectivity index (χ1) is 7.72. The normalized spacial score (nSPS) is 30.4. The van der Waals surface area contributed by atoms with Crippen LogP contribution in [0.2, 0.25) is 0 Å². The number of hydrogen-bond donors (Lipinski definition) is 1. The molecule has 1 aromatic carbocycles. The van der Waals surface area contributed by atoms with Crippen molar-refractivity contribution >= 4 is 11.7 Å². The van der Waals surface area contributed by atoms with Crippen LogP contribution in [0.15, 0.2) is 24.3 Å². The van der Waals surface area contributed by atoms with Crippen molar-refractivity contribution in [2.45, 2.75) is 25.2 Å². The van der Waals surface area contributed by atoms with E-state index in [1.54, 1.807) is 0 Å². The summed E-state index contributed by atoms with van der Waals surface area (Å²) in [5, 5.41) is 3.24. The largest absolute Gasteiger partial charge is 0.449 e. The van der Waals surface area contributed by atoms with E-state index in [-0.39, 0.29) is 12.2 Å². The van der Waals surface area contributed by atoms with E-state index in [0.717, 1.165) is 11.3 Å². The summed E-state index contributed by atoms with van der Waals surface area (Å²) >= 11 is 0. The van der Waals surface area contributed by atoms with Gasteiger partial charge in [0.15, 0.2) is 11.8 Å². The molecule has 4 nitrogen and oxygen atoms in total. The minimum atomic E-state index is -0.623. The lowest BCUT2D eigenvalue weighted by Gasteiger charge is -2.27. The number of carbonyl (C=O) groups is 1. The molecule has 4 heteroatoms. The van der Waals surface area contributed by atoms with Gasteiger partial charge in [-0.15, -0.1) is 0 Å². The predicted octanol–water partition coefficient (Wildman–Crippen LogP) is 1.62. The second-order valence-corrected chi connectivity index (χ2v) is 4.17. The number of para-hydroxylation sites is 1. The molecule has 1 saturated heterocycles. The number of hydrogen-bond acceptors (Lipinski definition) is 4. The van der Waals surface area contributed by atoms with Crippen LogP contribution in [0.5, 0.6) is 0 Å². The van der Waals surface area contributed by atoms with E-state index in [2.05, 4.69) is 5.32 Å². The summed E-state index contributed by atoms with van der Waals surface area (Å²) in [5.74, 6) is -0.269. The summed E-state index contributed by atoms with van der Waals surface area (Å²) in [6.45, 7) is 2.05. The van der Waals surface area contributed by atoms with E-state index >= 15 is 0 Å². The third-order valence-electron chi connectivity index (χ3n) is 3.18. The van der Waals surface area contributed by atoms with Gasteiger partial charge in [0.05, 0.1) is 6.61 Å². The highest BCUT2D eigenvalue weighted by Gasteiger charge is 2.54. The Morgan fingerprint density at radius 1 is 1.56 bits per heavy atom. The zero-order valence-corrected chi connectivity index (χ0v) is 9.03. The Morgan fingerprint density at radius 2 is 2.38 bits per heavy atom. The van der Waals surface area contributed by atoms with Crippen molar-refractivity contribution in [3.8, 4) is 0 Å². The Morgan fingerprint density at radius 3 is 3.19 bits per heavy atom. The van der Waals surface area contributed by atoms with Gasteiger partial charge in [-0.2, -0.15) is 0 Å². The van der Waals surface area contributed by atoms with Gasteiger partial charge in [0.1, 0.15) is 0 Å². The second-order valence-electron chi connectivity index (χ2n) is 4.17. The maximum absolute atomic E-state index is 11.2. The Balaban J connectivity index is 2.09. The Hall–Kier alpha value is -1.55. The fraction of sp³-hybridized carbons (Fsp3) is 0.417. The Labute approximate surface area is 93.5 Å². The summed E-state index contributed by atoms with van der Waals surface area (Å²) in [4.78, 5) is 11.2. The molecule has 0 saturated carbocycles. The first-order valence-corrected chi connectivity index (χ1v) is 5.40. The van der Waals surface area contributed by atoms with Crippen LogP contribution < -0.4 is 5.32 Å². The van der Waals surface area contributed by atoms with Crippen molar-refractivity contribution in [2.75, 3.05) is 11.9 Å². The Kier molecular flexibility index (Phi) is 1.94. The average molecular weight is 219 g/mol. The first kappa shape index (κ1) is 9.66. The highest BCUT2D eigenvalue weighted by Crippen LogP contribution is 2.48. The number of anilines is 1. The molecule has 0 unspecified atom stereocenters. The quantitative estimate of drug-likeness (QED) is 0.729. The van der Waals surface area contributed by atoms with E-state index in [4.69, 9.17) is 9.47 Å². The second kappa shape index (κ2) is 3.22. The minimum Gasteiger partial charge on any atom is -0.449 e. The number of rotatable bonds is 1. The average Bonchev–Trinajstić information content (AvgIpc) is 2.72. The molecule has 1 N–H and O–H groups in total. The van der Waals surface area contributed by atoms with Crippen molar-refractivity contribution in [3.63, 3.8) is 0 Å². The molecule has 2 aliphatic rings. The van der Waals surface area contributed by atoms with Crippen molar-refractivity contribution in [2.24, 2.45) is 0 Å². The van der Waals surface area contributed by atoms with Gasteiger partial charge in [-0.25, -0.2) is 0 Å². The zero-order valence-electron chi connectivity index (χ0n) is 9.03. The summed E-state index contributed by atoms with van der Waals surface area (Å²) in [6.07, 6.45) is 0.468. The third kappa shape index (κ3) is 1.16. The highest BCUT2D eigenvalue weighted by atomic mass is 16.6. The van der Waals surface area contributed by atoms with Crippen LogP contribution in [-0.4, -0.2) is 18.8 Å². The molecule has 0 spiro atoms. The van der Waals surface area contributed by atoms with Crippen LogP contribution in [0, 0.1) is 0 Å². The van der Waals surface area contributed by atoms with Crippen LogP contribution in [0.4, 0.5) is 5.69 Å². The third-order valence-corrected chi connectivity index (χ3v) is 3.18. The number of fused-ring (bicyclic) bond motifs is 3. The van der Waals surface area contributed by atoms with Crippen molar-refractivity contribution in [1.82, 2.24) is 0 Å². The van der Waals surface area contributed by atoms with Gasteiger partial charge in [0, 0.05) is 24.6 Å². The van der Waals surface area contributed by atoms with E-state index in [1.165, 1.54) is 6.92 Å². The SMILES string of the molecule is CC(=O)O[C@@]12CCO[C@@H]1Nc1ccccc12. The van der Waals surface area contributed by atoms with Gasteiger partial charge in [0.2, 0.25) is 0 Å². The van der Waals surface area contributed by atoms with Crippen LogP contribution in [-0.2, 0) is 19.9 Å². The summed E-state index contributed by atoms with van der Waals surface area (Å²) in [7, 11) is 0. The lowest BCUT2D eigenvalue weighted by atomic mass is 9.93. The molecule has 0 bridgehead atoms. The van der Waals surface area contributed by atoms with Gasteiger partial charge >= 0.3 is 5.97 Å². The van der Waals surface area contributed by atoms with Crippen molar-refractivity contribution in [3.05, 3.63) is 29.8 Å². The van der Waals surface area contributed by atoms with Crippen molar-refractivity contribution in [1.29, 1.82) is 0 Å². The lowest BCUT2D eigenvalue weighted by Crippen LogP contribution is -2.38. The van der Waals surface area contributed by atoms with E-state index in [1.807, 2.05) is 24.3 Å².